The van der Waals surface area contributed by atoms with E-state index in [9.17, 15) is 9.59 Å². The largest absolute Gasteiger partial charge is 0.329 e. The van der Waals surface area contributed by atoms with Gasteiger partial charge in [-0.2, -0.15) is 10.1 Å². The molecule has 1 saturated heterocycles. The standard InChI is InChI=1S/C24H30N8O2/c1-14(2)11-16-12-20(31-30-16)28-22-17-5-3-6-18(17)27-24(29-22)32-10-4-7-19(32)23(34)26-15-8-9-21(33)25-13-15/h8-9,12-14,19H,3-7,10-11H2,1-2H3,(H,25,33)(H,26,34)(H2,27,28,29,30,31). The van der Waals surface area contributed by atoms with Gasteiger partial charge < -0.3 is 20.5 Å². The lowest BCUT2D eigenvalue weighted by Gasteiger charge is -2.25. The molecule has 1 aliphatic heterocycles. The molecule has 4 N–H and O–H groups in total. The first kappa shape index (κ1) is 22.1. The molecular formula is C24H30N8O2. The molecule has 1 unspecified atom stereocenters. The summed E-state index contributed by atoms with van der Waals surface area (Å²) in [5.41, 5.74) is 3.61. The summed E-state index contributed by atoms with van der Waals surface area (Å²) in [5, 5.41) is 13.8. The van der Waals surface area contributed by atoms with Crippen molar-refractivity contribution < 1.29 is 4.79 Å². The van der Waals surface area contributed by atoms with E-state index in [2.05, 4.69) is 39.7 Å². The highest BCUT2D eigenvalue weighted by Crippen LogP contribution is 2.32. The van der Waals surface area contributed by atoms with Gasteiger partial charge in [-0.15, -0.1) is 0 Å². The van der Waals surface area contributed by atoms with E-state index in [0.29, 0.717) is 24.1 Å². The second kappa shape index (κ2) is 9.28. The predicted octanol–water partition coefficient (Wildman–Crippen LogP) is 2.93. The number of anilines is 4. The lowest BCUT2D eigenvalue weighted by atomic mass is 10.1. The fraction of sp³-hybridized carbons (Fsp3) is 0.458. The molecule has 10 heteroatoms. The number of pyridine rings is 1. The van der Waals surface area contributed by atoms with Crippen molar-refractivity contribution in [2.24, 2.45) is 5.92 Å². The quantitative estimate of drug-likeness (QED) is 0.424. The zero-order valence-corrected chi connectivity index (χ0v) is 19.5. The van der Waals surface area contributed by atoms with Crippen LogP contribution in [0.1, 0.15) is 50.1 Å². The van der Waals surface area contributed by atoms with Crippen molar-refractivity contribution in [3.8, 4) is 0 Å². The van der Waals surface area contributed by atoms with Gasteiger partial charge in [0.1, 0.15) is 11.9 Å². The molecule has 0 saturated carbocycles. The molecule has 0 spiro atoms. The van der Waals surface area contributed by atoms with Crippen LogP contribution in [-0.4, -0.2) is 43.6 Å². The Labute approximate surface area is 197 Å². The van der Waals surface area contributed by atoms with E-state index in [4.69, 9.17) is 9.97 Å². The number of aryl methyl sites for hydroxylation is 1. The number of nitrogens with zero attached hydrogens (tertiary/aromatic N) is 4. The number of nitrogens with one attached hydrogen (secondary N) is 4. The number of carbonyl (C=O) groups is 1. The third kappa shape index (κ3) is 4.66. The smallest absolute Gasteiger partial charge is 0.248 e. The molecule has 178 valence electrons. The summed E-state index contributed by atoms with van der Waals surface area (Å²) in [6.07, 6.45) is 6.91. The fourth-order valence-electron chi connectivity index (χ4n) is 4.74. The molecule has 34 heavy (non-hydrogen) atoms. The third-order valence-corrected chi connectivity index (χ3v) is 6.29. The van der Waals surface area contributed by atoms with Gasteiger partial charge in [-0.05, 0) is 50.5 Å². The zero-order valence-electron chi connectivity index (χ0n) is 19.5. The number of hydrogen-bond donors (Lipinski definition) is 4. The minimum absolute atomic E-state index is 0.131. The normalized spacial score (nSPS) is 17.3. The van der Waals surface area contributed by atoms with Crippen LogP contribution in [0, 0.1) is 5.92 Å². The number of rotatable bonds is 7. The number of aromatic nitrogens is 5. The van der Waals surface area contributed by atoms with E-state index >= 15 is 0 Å². The highest BCUT2D eigenvalue weighted by Gasteiger charge is 2.34. The van der Waals surface area contributed by atoms with Crippen LogP contribution >= 0.6 is 0 Å². The molecule has 1 aliphatic carbocycles. The molecule has 2 aliphatic rings. The maximum Gasteiger partial charge on any atom is 0.248 e. The topological polar surface area (TPSA) is 132 Å². The number of carbonyl (C=O) groups excluding carboxylic acids is 1. The van der Waals surface area contributed by atoms with Crippen LogP contribution in [0.2, 0.25) is 0 Å². The number of fused-ring (bicyclic) bond motifs is 1. The Bertz CT molecular complexity index is 1230. The van der Waals surface area contributed by atoms with Crippen LogP contribution < -0.4 is 21.1 Å². The van der Waals surface area contributed by atoms with Gasteiger partial charge in [0, 0.05) is 36.1 Å². The van der Waals surface area contributed by atoms with Crippen molar-refractivity contribution in [3.05, 3.63) is 51.7 Å². The number of aromatic amines is 2. The van der Waals surface area contributed by atoms with E-state index in [1.54, 1.807) is 6.07 Å². The monoisotopic (exact) mass is 462 g/mol. The average Bonchev–Trinajstić information content (AvgIpc) is 3.55. The first-order valence-electron chi connectivity index (χ1n) is 11.9. The molecule has 3 aromatic rings. The zero-order chi connectivity index (χ0) is 23.7. The van der Waals surface area contributed by atoms with Gasteiger partial charge in [-0.1, -0.05) is 13.8 Å². The van der Waals surface area contributed by atoms with Crippen molar-refractivity contribution in [3.63, 3.8) is 0 Å². The first-order valence-corrected chi connectivity index (χ1v) is 11.9. The Hall–Kier alpha value is -3.69. The Balaban J connectivity index is 1.38. The summed E-state index contributed by atoms with van der Waals surface area (Å²) < 4.78 is 0. The maximum atomic E-state index is 13.1. The Morgan fingerprint density at radius 2 is 2.12 bits per heavy atom. The van der Waals surface area contributed by atoms with E-state index in [1.165, 1.54) is 12.3 Å². The first-order chi connectivity index (χ1) is 16.5. The van der Waals surface area contributed by atoms with Gasteiger partial charge in [0.15, 0.2) is 5.82 Å². The number of amides is 1. The van der Waals surface area contributed by atoms with Gasteiger partial charge >= 0.3 is 0 Å². The summed E-state index contributed by atoms with van der Waals surface area (Å²) in [5.74, 6) is 2.49. The van der Waals surface area contributed by atoms with Crippen LogP contribution in [0.5, 0.6) is 0 Å². The third-order valence-electron chi connectivity index (χ3n) is 6.29. The number of hydrogen-bond acceptors (Lipinski definition) is 7. The van der Waals surface area contributed by atoms with Crippen LogP contribution in [0.25, 0.3) is 0 Å². The second-order valence-electron chi connectivity index (χ2n) is 9.43. The molecular weight excluding hydrogens is 432 g/mol. The molecule has 4 heterocycles. The molecule has 0 radical (unpaired) electrons. The molecule has 1 atom stereocenters. The van der Waals surface area contributed by atoms with Gasteiger partial charge in [0.25, 0.3) is 0 Å². The molecule has 5 rings (SSSR count). The highest BCUT2D eigenvalue weighted by molar-refractivity contribution is 5.96. The number of H-pyrrole nitrogens is 2. The molecule has 0 aromatic carbocycles. The van der Waals surface area contributed by atoms with Crippen LogP contribution in [0.15, 0.2) is 29.2 Å². The van der Waals surface area contributed by atoms with E-state index in [1.807, 2.05) is 11.0 Å². The van der Waals surface area contributed by atoms with Crippen LogP contribution in [-0.2, 0) is 24.1 Å². The van der Waals surface area contributed by atoms with Gasteiger partial charge in [0.05, 0.1) is 11.4 Å². The van der Waals surface area contributed by atoms with Crippen molar-refractivity contribution >= 4 is 29.2 Å². The molecule has 1 amide bonds. The fourth-order valence-corrected chi connectivity index (χ4v) is 4.74. The summed E-state index contributed by atoms with van der Waals surface area (Å²) in [7, 11) is 0. The van der Waals surface area contributed by atoms with Crippen molar-refractivity contribution in [1.82, 2.24) is 25.1 Å². The Morgan fingerprint density at radius 1 is 1.24 bits per heavy atom. The summed E-state index contributed by atoms with van der Waals surface area (Å²) in [6, 6.07) is 4.65. The molecule has 3 aromatic heterocycles. The Morgan fingerprint density at radius 3 is 2.91 bits per heavy atom. The van der Waals surface area contributed by atoms with Gasteiger partial charge in [-0.25, -0.2) is 4.98 Å². The average molecular weight is 463 g/mol. The summed E-state index contributed by atoms with van der Waals surface area (Å²) >= 11 is 0. The van der Waals surface area contributed by atoms with E-state index in [-0.39, 0.29) is 17.5 Å². The minimum atomic E-state index is -0.373. The van der Waals surface area contributed by atoms with Crippen molar-refractivity contribution in [2.75, 3.05) is 22.1 Å². The lowest BCUT2D eigenvalue weighted by Crippen LogP contribution is -2.40. The minimum Gasteiger partial charge on any atom is -0.329 e. The van der Waals surface area contributed by atoms with E-state index < -0.39 is 0 Å². The molecule has 10 nitrogen and oxygen atoms in total. The van der Waals surface area contributed by atoms with E-state index in [0.717, 1.165) is 67.1 Å². The second-order valence-corrected chi connectivity index (χ2v) is 9.43. The van der Waals surface area contributed by atoms with Crippen molar-refractivity contribution in [2.45, 2.75) is 58.4 Å². The summed E-state index contributed by atoms with van der Waals surface area (Å²) in [6.45, 7) is 5.07. The van der Waals surface area contributed by atoms with Crippen LogP contribution in [0.3, 0.4) is 0 Å². The molecule has 0 bridgehead atoms. The Kier molecular flexibility index (Phi) is 6.04. The lowest BCUT2D eigenvalue weighted by molar-refractivity contribution is -0.117. The molecule has 1 fully saturated rings. The predicted molar refractivity (Wildman–Crippen MR) is 131 cm³/mol. The van der Waals surface area contributed by atoms with Gasteiger partial charge in [0.2, 0.25) is 17.4 Å². The van der Waals surface area contributed by atoms with Gasteiger partial charge in [-0.3, -0.25) is 14.7 Å². The maximum absolute atomic E-state index is 13.1. The summed E-state index contributed by atoms with van der Waals surface area (Å²) in [4.78, 5) is 38.6. The van der Waals surface area contributed by atoms with Crippen LogP contribution in [0.4, 0.5) is 23.3 Å². The SMILES string of the molecule is CC(C)Cc1cc(Nc2nc(N3CCCC3C(=O)Nc3ccc(=O)[nH]c3)nc3c2CCC3)n[nH]1. The highest BCUT2D eigenvalue weighted by atomic mass is 16.2. The van der Waals surface area contributed by atoms with Crippen molar-refractivity contribution in [1.29, 1.82) is 0 Å².